The Hall–Kier alpha value is -0.610. The molecule has 1 rings (SSSR count). The van der Waals surface area contributed by atoms with Crippen LogP contribution in [0.25, 0.3) is 0 Å². The minimum absolute atomic E-state index is 0.0227. The van der Waals surface area contributed by atoms with E-state index >= 15 is 0 Å². The lowest BCUT2D eigenvalue weighted by Crippen LogP contribution is -2.53. The highest BCUT2D eigenvalue weighted by atomic mass is 16.3. The monoisotopic (exact) mass is 214 g/mol. The molecule has 0 spiro atoms. The quantitative estimate of drug-likeness (QED) is 0.625. The number of nitrogens with two attached hydrogens (primary N) is 1. The highest BCUT2D eigenvalue weighted by molar-refractivity contribution is 5.86. The van der Waals surface area contributed by atoms with Gasteiger partial charge in [0, 0.05) is 12.6 Å². The van der Waals surface area contributed by atoms with Crippen molar-refractivity contribution in [1.29, 1.82) is 0 Å². The molecule has 0 bridgehead atoms. The lowest BCUT2D eigenvalue weighted by Gasteiger charge is -2.25. The second kappa shape index (κ2) is 5.47. The zero-order valence-corrected chi connectivity index (χ0v) is 9.46. The molecule has 1 amide bonds. The summed E-state index contributed by atoms with van der Waals surface area (Å²) >= 11 is 0. The fourth-order valence-corrected chi connectivity index (χ4v) is 2.07. The van der Waals surface area contributed by atoms with E-state index in [0.717, 1.165) is 38.5 Å². The van der Waals surface area contributed by atoms with Crippen molar-refractivity contribution < 1.29 is 9.90 Å². The average molecular weight is 214 g/mol. The molecule has 0 saturated heterocycles. The molecule has 1 aliphatic carbocycles. The first kappa shape index (κ1) is 12.5. The second-order valence-corrected chi connectivity index (χ2v) is 4.60. The smallest absolute Gasteiger partial charge is 0.240 e. The van der Waals surface area contributed by atoms with E-state index in [0.29, 0.717) is 0 Å². The maximum Gasteiger partial charge on any atom is 0.240 e. The van der Waals surface area contributed by atoms with Gasteiger partial charge in [0.2, 0.25) is 5.91 Å². The van der Waals surface area contributed by atoms with Crippen LogP contribution >= 0.6 is 0 Å². The maximum absolute atomic E-state index is 11.8. The number of hydrogen-bond acceptors (Lipinski definition) is 3. The molecule has 0 aromatic heterocycles. The first-order valence-corrected chi connectivity index (χ1v) is 5.79. The van der Waals surface area contributed by atoms with Gasteiger partial charge >= 0.3 is 0 Å². The molecule has 1 unspecified atom stereocenters. The minimum atomic E-state index is -0.631. The van der Waals surface area contributed by atoms with Crippen molar-refractivity contribution in [3.8, 4) is 0 Å². The van der Waals surface area contributed by atoms with Crippen LogP contribution in [0, 0.1) is 0 Å². The van der Waals surface area contributed by atoms with Gasteiger partial charge in [0.25, 0.3) is 0 Å². The fourth-order valence-electron chi connectivity index (χ4n) is 2.07. The Morgan fingerprint density at radius 1 is 1.53 bits per heavy atom. The van der Waals surface area contributed by atoms with E-state index in [1.54, 1.807) is 0 Å². The molecule has 88 valence electrons. The summed E-state index contributed by atoms with van der Waals surface area (Å²) in [4.78, 5) is 11.8. The van der Waals surface area contributed by atoms with Gasteiger partial charge in [-0.25, -0.2) is 0 Å². The Balaban J connectivity index is 2.34. The van der Waals surface area contributed by atoms with Gasteiger partial charge in [-0.05, 0) is 32.6 Å². The van der Waals surface area contributed by atoms with Gasteiger partial charge in [-0.3, -0.25) is 4.79 Å². The zero-order valence-electron chi connectivity index (χ0n) is 9.46. The summed E-state index contributed by atoms with van der Waals surface area (Å²) in [5.41, 5.74) is 5.39. The van der Waals surface area contributed by atoms with Crippen molar-refractivity contribution in [3.05, 3.63) is 0 Å². The number of amides is 1. The minimum Gasteiger partial charge on any atom is -0.396 e. The van der Waals surface area contributed by atoms with E-state index in [4.69, 9.17) is 10.8 Å². The van der Waals surface area contributed by atoms with Crippen molar-refractivity contribution in [2.45, 2.75) is 57.0 Å². The van der Waals surface area contributed by atoms with Crippen LogP contribution in [0.5, 0.6) is 0 Å². The Bertz CT molecular complexity index is 213. The van der Waals surface area contributed by atoms with Crippen LogP contribution in [0.3, 0.4) is 0 Å². The predicted molar refractivity (Wildman–Crippen MR) is 59.3 cm³/mol. The number of rotatable bonds is 5. The van der Waals surface area contributed by atoms with E-state index in [2.05, 4.69) is 5.32 Å². The van der Waals surface area contributed by atoms with Crippen LogP contribution in [0.4, 0.5) is 0 Å². The van der Waals surface area contributed by atoms with E-state index in [1.807, 2.05) is 6.92 Å². The van der Waals surface area contributed by atoms with Crippen LogP contribution < -0.4 is 11.1 Å². The van der Waals surface area contributed by atoms with E-state index in [-0.39, 0.29) is 18.6 Å². The van der Waals surface area contributed by atoms with Gasteiger partial charge < -0.3 is 16.2 Å². The molecule has 15 heavy (non-hydrogen) atoms. The third-order valence-corrected chi connectivity index (χ3v) is 3.12. The van der Waals surface area contributed by atoms with Crippen molar-refractivity contribution in [2.24, 2.45) is 5.73 Å². The van der Waals surface area contributed by atoms with Crippen LogP contribution in [0.2, 0.25) is 0 Å². The Morgan fingerprint density at radius 2 is 2.13 bits per heavy atom. The van der Waals surface area contributed by atoms with Crippen LogP contribution in [0.1, 0.15) is 45.4 Å². The predicted octanol–water partition coefficient (Wildman–Crippen LogP) is 0.535. The molecule has 4 heteroatoms. The van der Waals surface area contributed by atoms with Gasteiger partial charge in [0.15, 0.2) is 0 Å². The SMILES string of the molecule is CC(CCCO)NC(=O)C1(N)CCCC1. The third-order valence-electron chi connectivity index (χ3n) is 3.12. The number of hydrogen-bond donors (Lipinski definition) is 3. The summed E-state index contributed by atoms with van der Waals surface area (Å²) < 4.78 is 0. The Labute approximate surface area is 91.2 Å². The van der Waals surface area contributed by atoms with E-state index < -0.39 is 5.54 Å². The molecule has 0 aliphatic heterocycles. The van der Waals surface area contributed by atoms with Gasteiger partial charge in [-0.1, -0.05) is 12.8 Å². The molecule has 1 fully saturated rings. The molecule has 0 aromatic rings. The first-order valence-electron chi connectivity index (χ1n) is 5.79. The molecular weight excluding hydrogens is 192 g/mol. The summed E-state index contributed by atoms with van der Waals surface area (Å²) in [5, 5.41) is 11.6. The second-order valence-electron chi connectivity index (χ2n) is 4.60. The van der Waals surface area contributed by atoms with Crippen LogP contribution in [0.15, 0.2) is 0 Å². The lowest BCUT2D eigenvalue weighted by atomic mass is 9.97. The molecule has 4 N–H and O–H groups in total. The standard InChI is InChI=1S/C11H22N2O2/c1-9(5-4-8-14)13-10(15)11(12)6-2-3-7-11/h9,14H,2-8,12H2,1H3,(H,13,15). The molecule has 1 aliphatic rings. The Morgan fingerprint density at radius 3 is 2.67 bits per heavy atom. The van der Waals surface area contributed by atoms with Crippen molar-refractivity contribution in [2.75, 3.05) is 6.61 Å². The summed E-state index contributed by atoms with van der Waals surface area (Å²) in [6.45, 7) is 2.12. The summed E-state index contributed by atoms with van der Waals surface area (Å²) in [7, 11) is 0. The van der Waals surface area contributed by atoms with E-state index in [9.17, 15) is 4.79 Å². The summed E-state index contributed by atoms with van der Waals surface area (Å²) in [5.74, 6) is -0.0227. The highest BCUT2D eigenvalue weighted by Crippen LogP contribution is 2.27. The van der Waals surface area contributed by atoms with Crippen molar-refractivity contribution >= 4 is 5.91 Å². The zero-order chi connectivity index (χ0) is 11.3. The summed E-state index contributed by atoms with van der Waals surface area (Å²) in [6, 6.07) is 0.102. The number of carbonyl (C=O) groups excluding carboxylic acids is 1. The van der Waals surface area contributed by atoms with Gasteiger partial charge in [-0.2, -0.15) is 0 Å². The molecule has 0 heterocycles. The molecule has 4 nitrogen and oxygen atoms in total. The van der Waals surface area contributed by atoms with Gasteiger partial charge in [0.1, 0.15) is 0 Å². The first-order chi connectivity index (χ1) is 7.08. The molecular formula is C11H22N2O2. The summed E-state index contributed by atoms with van der Waals surface area (Å²) in [6.07, 6.45) is 5.22. The topological polar surface area (TPSA) is 75.3 Å². The Kier molecular flexibility index (Phi) is 4.54. The molecule has 0 radical (unpaired) electrons. The number of carbonyl (C=O) groups is 1. The fraction of sp³-hybridized carbons (Fsp3) is 0.909. The number of aliphatic hydroxyl groups is 1. The van der Waals surface area contributed by atoms with Gasteiger partial charge in [-0.15, -0.1) is 0 Å². The van der Waals surface area contributed by atoms with Crippen LogP contribution in [-0.4, -0.2) is 29.2 Å². The lowest BCUT2D eigenvalue weighted by molar-refractivity contribution is -0.126. The largest absolute Gasteiger partial charge is 0.396 e. The van der Waals surface area contributed by atoms with E-state index in [1.165, 1.54) is 0 Å². The molecule has 1 atom stereocenters. The normalized spacial score (nSPS) is 21.3. The van der Waals surface area contributed by atoms with Crippen molar-refractivity contribution in [1.82, 2.24) is 5.32 Å². The number of aliphatic hydroxyl groups excluding tert-OH is 1. The number of nitrogens with one attached hydrogen (secondary N) is 1. The van der Waals surface area contributed by atoms with Crippen LogP contribution in [-0.2, 0) is 4.79 Å². The average Bonchev–Trinajstić information content (AvgIpc) is 2.63. The van der Waals surface area contributed by atoms with Crippen molar-refractivity contribution in [3.63, 3.8) is 0 Å². The molecule has 1 saturated carbocycles. The molecule has 0 aromatic carbocycles. The third kappa shape index (κ3) is 3.47. The maximum atomic E-state index is 11.8. The highest BCUT2D eigenvalue weighted by Gasteiger charge is 2.37. The van der Waals surface area contributed by atoms with Gasteiger partial charge in [0.05, 0.1) is 5.54 Å².